The number of methoxy groups -OCH3 is 1. The van der Waals surface area contributed by atoms with Gasteiger partial charge in [0.25, 0.3) is 5.91 Å². The minimum atomic E-state index is -0.765. The second kappa shape index (κ2) is 9.91. The van der Waals surface area contributed by atoms with Crippen LogP contribution in [-0.2, 0) is 28.9 Å². The zero-order valence-electron chi connectivity index (χ0n) is 19.1. The van der Waals surface area contributed by atoms with Crippen LogP contribution in [-0.4, -0.2) is 55.1 Å². The maximum absolute atomic E-state index is 14.1. The van der Waals surface area contributed by atoms with E-state index in [2.05, 4.69) is 5.32 Å². The van der Waals surface area contributed by atoms with Gasteiger partial charge in [0.1, 0.15) is 17.1 Å². The number of fused-ring (bicyclic) bond motifs is 1. The molecule has 8 nitrogen and oxygen atoms in total. The van der Waals surface area contributed by atoms with E-state index in [4.69, 9.17) is 19.3 Å². The Morgan fingerprint density at radius 2 is 2.12 bits per heavy atom. The SMILES string of the molecule is CCc1nn(CCCOC(=O)c2c(F)cccc2OC)c2c1C(=O)NCC1(CCOCC1)C2. The Hall–Kier alpha value is -2.94. The highest BCUT2D eigenvalue weighted by Crippen LogP contribution is 2.37. The van der Waals surface area contributed by atoms with Crippen molar-refractivity contribution >= 4 is 11.9 Å². The normalized spacial score (nSPS) is 17.2. The van der Waals surface area contributed by atoms with Crippen LogP contribution in [0.2, 0.25) is 0 Å². The summed E-state index contributed by atoms with van der Waals surface area (Å²) in [6.07, 6.45) is 3.67. The molecule has 1 aromatic carbocycles. The van der Waals surface area contributed by atoms with Crippen molar-refractivity contribution in [3.8, 4) is 5.75 Å². The molecule has 1 spiro atoms. The lowest BCUT2D eigenvalue weighted by molar-refractivity contribution is 0.0152. The smallest absolute Gasteiger partial charge is 0.344 e. The van der Waals surface area contributed by atoms with Gasteiger partial charge in [0.05, 0.1) is 30.7 Å². The van der Waals surface area contributed by atoms with Crippen LogP contribution in [0.15, 0.2) is 18.2 Å². The van der Waals surface area contributed by atoms with Crippen LogP contribution < -0.4 is 10.1 Å². The zero-order valence-corrected chi connectivity index (χ0v) is 19.1. The van der Waals surface area contributed by atoms with E-state index in [0.717, 1.165) is 30.7 Å². The molecule has 1 N–H and O–H groups in total. The molecule has 9 heteroatoms. The molecule has 2 aliphatic rings. The number of aryl methyl sites for hydroxylation is 2. The van der Waals surface area contributed by atoms with Crippen LogP contribution in [0.3, 0.4) is 0 Å². The van der Waals surface area contributed by atoms with Crippen LogP contribution in [0.1, 0.15) is 58.3 Å². The second-order valence-electron chi connectivity index (χ2n) is 8.62. The molecule has 3 heterocycles. The predicted octanol–water partition coefficient (Wildman–Crippen LogP) is 2.92. The highest BCUT2D eigenvalue weighted by molar-refractivity contribution is 5.97. The molecule has 0 atom stereocenters. The Kier molecular flexibility index (Phi) is 6.97. The highest BCUT2D eigenvalue weighted by atomic mass is 19.1. The van der Waals surface area contributed by atoms with Gasteiger partial charge in [-0.05, 0) is 43.2 Å². The quantitative estimate of drug-likeness (QED) is 0.506. The minimum Gasteiger partial charge on any atom is -0.496 e. The molecule has 1 amide bonds. The summed E-state index contributed by atoms with van der Waals surface area (Å²) in [4.78, 5) is 25.3. The fraction of sp³-hybridized carbons (Fsp3) is 0.542. The predicted molar refractivity (Wildman–Crippen MR) is 118 cm³/mol. The lowest BCUT2D eigenvalue weighted by atomic mass is 9.76. The van der Waals surface area contributed by atoms with E-state index in [9.17, 15) is 14.0 Å². The molecule has 0 radical (unpaired) electrons. The van der Waals surface area contributed by atoms with Crippen molar-refractivity contribution in [1.29, 1.82) is 0 Å². The number of halogens is 1. The molecular weight excluding hydrogens is 429 g/mol. The zero-order chi connectivity index (χ0) is 23.4. The van der Waals surface area contributed by atoms with E-state index in [0.29, 0.717) is 44.7 Å². The third-order valence-corrected chi connectivity index (χ3v) is 6.56. The molecule has 0 unspecified atom stereocenters. The first-order chi connectivity index (χ1) is 16.0. The topological polar surface area (TPSA) is 91.7 Å². The average Bonchev–Trinajstić information content (AvgIpc) is 3.10. The second-order valence-corrected chi connectivity index (χ2v) is 8.62. The number of nitrogens with one attached hydrogen (secondary N) is 1. The van der Waals surface area contributed by atoms with Gasteiger partial charge in [-0.1, -0.05) is 13.0 Å². The summed E-state index contributed by atoms with van der Waals surface area (Å²) in [5.41, 5.74) is 2.15. The molecular formula is C24H30FN3O5. The molecule has 2 aromatic rings. The van der Waals surface area contributed by atoms with Gasteiger partial charge in [-0.2, -0.15) is 5.10 Å². The third kappa shape index (κ3) is 4.73. The standard InChI is InChI=1S/C24H30FN3O5/c1-3-17-21-18(14-24(15-26-22(21)29)8-12-32-13-9-24)28(27-17)10-5-11-33-23(30)20-16(25)6-4-7-19(20)31-2/h4,6-7H,3,5,8-15H2,1-2H3,(H,26,29). The van der Waals surface area contributed by atoms with Crippen molar-refractivity contribution in [3.63, 3.8) is 0 Å². The number of ether oxygens (including phenoxy) is 3. The maximum atomic E-state index is 14.1. The van der Waals surface area contributed by atoms with Crippen LogP contribution in [0.5, 0.6) is 5.75 Å². The molecule has 0 bridgehead atoms. The van der Waals surface area contributed by atoms with Gasteiger partial charge in [0.15, 0.2) is 0 Å². The molecule has 0 aliphatic carbocycles. The fourth-order valence-electron chi connectivity index (χ4n) is 4.68. The molecule has 2 aliphatic heterocycles. The van der Waals surface area contributed by atoms with Crippen molar-refractivity contribution in [1.82, 2.24) is 15.1 Å². The van der Waals surface area contributed by atoms with Gasteiger partial charge in [0.2, 0.25) is 0 Å². The van der Waals surface area contributed by atoms with Gasteiger partial charge < -0.3 is 19.5 Å². The summed E-state index contributed by atoms with van der Waals surface area (Å²) in [6, 6.07) is 4.19. The van der Waals surface area contributed by atoms with Crippen molar-refractivity contribution in [2.24, 2.45) is 5.41 Å². The van der Waals surface area contributed by atoms with E-state index < -0.39 is 11.8 Å². The molecule has 4 rings (SSSR count). The van der Waals surface area contributed by atoms with Gasteiger partial charge in [-0.25, -0.2) is 9.18 Å². The summed E-state index contributed by atoms with van der Waals surface area (Å²) >= 11 is 0. The van der Waals surface area contributed by atoms with E-state index in [1.165, 1.54) is 25.3 Å². The minimum absolute atomic E-state index is 0.0319. The molecule has 33 heavy (non-hydrogen) atoms. The number of benzene rings is 1. The Bertz CT molecular complexity index is 1030. The lowest BCUT2D eigenvalue weighted by Crippen LogP contribution is -2.40. The molecule has 0 saturated carbocycles. The average molecular weight is 460 g/mol. The van der Waals surface area contributed by atoms with Gasteiger partial charge in [0, 0.05) is 32.7 Å². The Morgan fingerprint density at radius 3 is 2.85 bits per heavy atom. The first-order valence-electron chi connectivity index (χ1n) is 11.4. The van der Waals surface area contributed by atoms with Crippen molar-refractivity contribution in [3.05, 3.63) is 46.5 Å². The first kappa shape index (κ1) is 23.2. The number of carbonyl (C=O) groups is 2. The number of amides is 1. The third-order valence-electron chi connectivity index (χ3n) is 6.56. The molecule has 1 fully saturated rings. The summed E-state index contributed by atoms with van der Waals surface area (Å²) in [6.45, 7) is 4.58. The van der Waals surface area contributed by atoms with Crippen LogP contribution in [0.25, 0.3) is 0 Å². The summed E-state index contributed by atoms with van der Waals surface area (Å²) in [5.74, 6) is -1.39. The molecule has 1 aromatic heterocycles. The Balaban J connectivity index is 1.46. The van der Waals surface area contributed by atoms with Crippen LogP contribution in [0.4, 0.5) is 4.39 Å². The van der Waals surface area contributed by atoms with E-state index in [1.807, 2.05) is 11.6 Å². The summed E-state index contributed by atoms with van der Waals surface area (Å²) < 4.78 is 31.9. The fourth-order valence-corrected chi connectivity index (χ4v) is 4.68. The monoisotopic (exact) mass is 459 g/mol. The Morgan fingerprint density at radius 1 is 1.33 bits per heavy atom. The number of rotatable bonds is 7. The highest BCUT2D eigenvalue weighted by Gasteiger charge is 2.39. The number of carbonyl (C=O) groups excluding carboxylic acids is 2. The van der Waals surface area contributed by atoms with E-state index >= 15 is 0 Å². The molecule has 1 saturated heterocycles. The lowest BCUT2D eigenvalue weighted by Gasteiger charge is -2.36. The summed E-state index contributed by atoms with van der Waals surface area (Å²) in [7, 11) is 1.38. The van der Waals surface area contributed by atoms with Crippen molar-refractivity contribution in [2.45, 2.75) is 45.6 Å². The van der Waals surface area contributed by atoms with Crippen molar-refractivity contribution in [2.75, 3.05) is 33.5 Å². The largest absolute Gasteiger partial charge is 0.496 e. The van der Waals surface area contributed by atoms with E-state index in [1.54, 1.807) is 0 Å². The first-order valence-corrected chi connectivity index (χ1v) is 11.4. The number of aromatic nitrogens is 2. The van der Waals surface area contributed by atoms with Gasteiger partial charge >= 0.3 is 5.97 Å². The van der Waals surface area contributed by atoms with Gasteiger partial charge in [-0.3, -0.25) is 9.48 Å². The number of nitrogens with zero attached hydrogens (tertiary/aromatic N) is 2. The Labute approximate surface area is 192 Å². The van der Waals surface area contributed by atoms with E-state index in [-0.39, 0.29) is 29.2 Å². The number of hydrogen-bond donors (Lipinski definition) is 1. The van der Waals surface area contributed by atoms with Crippen LogP contribution >= 0.6 is 0 Å². The number of hydrogen-bond acceptors (Lipinski definition) is 6. The van der Waals surface area contributed by atoms with Gasteiger partial charge in [-0.15, -0.1) is 0 Å². The number of esters is 1. The van der Waals surface area contributed by atoms with Crippen molar-refractivity contribution < 1.29 is 28.2 Å². The molecule has 178 valence electrons. The summed E-state index contributed by atoms with van der Waals surface area (Å²) in [5, 5.41) is 7.80. The maximum Gasteiger partial charge on any atom is 0.344 e. The van der Waals surface area contributed by atoms with Crippen LogP contribution in [0, 0.1) is 11.2 Å².